The Kier molecular flexibility index (Phi) is 4.28. The van der Waals surface area contributed by atoms with E-state index in [1.165, 1.54) is 0 Å². The van der Waals surface area contributed by atoms with Crippen LogP contribution in [0.15, 0.2) is 27.1 Å². The molecule has 0 fully saturated rings. The summed E-state index contributed by atoms with van der Waals surface area (Å²) in [6.45, 7) is 1.56. The van der Waals surface area contributed by atoms with Gasteiger partial charge in [-0.05, 0) is 40.5 Å². The van der Waals surface area contributed by atoms with Gasteiger partial charge in [0, 0.05) is 4.47 Å². The van der Waals surface area contributed by atoms with Crippen molar-refractivity contribution >= 4 is 21.9 Å². The van der Waals surface area contributed by atoms with Crippen molar-refractivity contribution in [3.8, 4) is 11.5 Å². The molecule has 0 unspecified atom stereocenters. The van der Waals surface area contributed by atoms with E-state index in [1.807, 2.05) is 25.1 Å². The van der Waals surface area contributed by atoms with Gasteiger partial charge in [-0.25, -0.2) is 4.79 Å². The lowest BCUT2D eigenvalue weighted by molar-refractivity contribution is -0.142. The van der Waals surface area contributed by atoms with Crippen LogP contribution in [0.1, 0.15) is 11.5 Å². The summed E-state index contributed by atoms with van der Waals surface area (Å²) in [6.07, 6.45) is 0. The second kappa shape index (κ2) is 5.94. The molecule has 0 saturated carbocycles. The number of aromatic nitrogens is 2. The highest BCUT2D eigenvalue weighted by molar-refractivity contribution is 9.10. The average molecular weight is 327 g/mol. The zero-order valence-corrected chi connectivity index (χ0v) is 11.7. The first-order chi connectivity index (χ1) is 9.06. The Hall–Kier alpha value is -1.73. The number of carbonyl (C=O) groups is 1. The van der Waals surface area contributed by atoms with Crippen molar-refractivity contribution < 1.29 is 19.1 Å². The lowest BCUT2D eigenvalue weighted by Crippen LogP contribution is -2.06. The number of benzene rings is 1. The molecule has 1 aromatic heterocycles. The second-order valence-corrected chi connectivity index (χ2v) is 4.73. The molecule has 2 rings (SSSR count). The molecular formula is C12H11BrN2O4. The van der Waals surface area contributed by atoms with E-state index in [2.05, 4.69) is 26.1 Å². The zero-order valence-electron chi connectivity index (χ0n) is 10.1. The van der Waals surface area contributed by atoms with Crippen LogP contribution >= 0.6 is 15.9 Å². The molecule has 2 aromatic rings. The Morgan fingerprint density at radius 2 is 2.26 bits per heavy atom. The van der Waals surface area contributed by atoms with Crippen molar-refractivity contribution in [2.24, 2.45) is 0 Å². The lowest BCUT2D eigenvalue weighted by atomic mass is 10.1. The minimum Gasteiger partial charge on any atom is -0.480 e. The first-order valence-corrected chi connectivity index (χ1v) is 6.24. The molecule has 1 aromatic carbocycles. The maximum atomic E-state index is 10.3. The SMILES string of the molecule is Cc1ccc(-c2nnc(COCC(=O)O)o2)c(Br)c1. The van der Waals surface area contributed by atoms with Crippen molar-refractivity contribution in [1.29, 1.82) is 0 Å². The minimum atomic E-state index is -1.04. The van der Waals surface area contributed by atoms with Crippen molar-refractivity contribution in [3.05, 3.63) is 34.1 Å². The standard InChI is InChI=1S/C12H11BrN2O4/c1-7-2-3-8(9(13)4-7)12-15-14-10(19-12)5-18-6-11(16)17/h2-4H,5-6H2,1H3,(H,16,17). The van der Waals surface area contributed by atoms with Gasteiger partial charge in [0.15, 0.2) is 0 Å². The number of carboxylic acid groups (broad SMARTS) is 1. The molecular weight excluding hydrogens is 316 g/mol. The van der Waals surface area contributed by atoms with E-state index in [-0.39, 0.29) is 12.5 Å². The second-order valence-electron chi connectivity index (χ2n) is 3.87. The van der Waals surface area contributed by atoms with Crippen molar-refractivity contribution in [3.63, 3.8) is 0 Å². The zero-order chi connectivity index (χ0) is 13.8. The molecule has 1 N–H and O–H groups in total. The summed E-state index contributed by atoms with van der Waals surface area (Å²) >= 11 is 3.43. The van der Waals surface area contributed by atoms with E-state index in [4.69, 9.17) is 14.3 Å². The largest absolute Gasteiger partial charge is 0.480 e. The summed E-state index contributed by atoms with van der Waals surface area (Å²) in [7, 11) is 0. The number of carboxylic acids is 1. The molecule has 7 heteroatoms. The van der Waals surface area contributed by atoms with Gasteiger partial charge in [0.25, 0.3) is 0 Å². The van der Waals surface area contributed by atoms with Crippen LogP contribution in [0.2, 0.25) is 0 Å². The summed E-state index contributed by atoms with van der Waals surface area (Å²) in [5.41, 5.74) is 1.89. The minimum absolute atomic E-state index is 0.0250. The third kappa shape index (κ3) is 3.62. The number of nitrogens with zero attached hydrogens (tertiary/aromatic N) is 2. The lowest BCUT2D eigenvalue weighted by Gasteiger charge is -2.00. The molecule has 0 amide bonds. The molecule has 0 aliphatic rings. The third-order valence-electron chi connectivity index (χ3n) is 2.27. The molecule has 0 bridgehead atoms. The predicted molar refractivity (Wildman–Crippen MR) is 69.5 cm³/mol. The van der Waals surface area contributed by atoms with E-state index in [0.29, 0.717) is 5.89 Å². The number of rotatable bonds is 5. The monoisotopic (exact) mass is 326 g/mol. The van der Waals surface area contributed by atoms with Crippen molar-refractivity contribution in [2.45, 2.75) is 13.5 Å². The number of halogens is 1. The van der Waals surface area contributed by atoms with Crippen molar-refractivity contribution in [1.82, 2.24) is 10.2 Å². The fourth-order valence-electron chi connectivity index (χ4n) is 1.44. The number of hydrogen-bond donors (Lipinski definition) is 1. The highest BCUT2D eigenvalue weighted by atomic mass is 79.9. The Balaban J connectivity index is 2.10. The van der Waals surface area contributed by atoms with Gasteiger partial charge < -0.3 is 14.3 Å². The van der Waals surface area contributed by atoms with Crippen LogP contribution in [0.4, 0.5) is 0 Å². The van der Waals surface area contributed by atoms with Gasteiger partial charge in [0.05, 0.1) is 5.56 Å². The van der Waals surface area contributed by atoms with E-state index in [1.54, 1.807) is 0 Å². The topological polar surface area (TPSA) is 85.5 Å². The molecule has 0 atom stereocenters. The first kappa shape index (κ1) is 13.7. The molecule has 1 heterocycles. The number of hydrogen-bond acceptors (Lipinski definition) is 5. The summed E-state index contributed by atoms with van der Waals surface area (Å²) in [4.78, 5) is 10.3. The molecule has 0 spiro atoms. The summed E-state index contributed by atoms with van der Waals surface area (Å²) < 4.78 is 11.1. The molecule has 0 aliphatic carbocycles. The van der Waals surface area contributed by atoms with Gasteiger partial charge in [0.2, 0.25) is 11.8 Å². The summed E-state index contributed by atoms with van der Waals surface area (Å²) in [5.74, 6) is -0.439. The van der Waals surface area contributed by atoms with Gasteiger partial charge in [-0.3, -0.25) is 0 Å². The van der Waals surface area contributed by atoms with Gasteiger partial charge in [-0.2, -0.15) is 0 Å². The molecule has 19 heavy (non-hydrogen) atoms. The molecule has 0 radical (unpaired) electrons. The van der Waals surface area contributed by atoms with E-state index < -0.39 is 12.6 Å². The Morgan fingerprint density at radius 1 is 1.47 bits per heavy atom. The van der Waals surface area contributed by atoms with E-state index in [0.717, 1.165) is 15.6 Å². The highest BCUT2D eigenvalue weighted by Crippen LogP contribution is 2.28. The van der Waals surface area contributed by atoms with Crippen LogP contribution in [0.5, 0.6) is 0 Å². The number of ether oxygens (including phenoxy) is 1. The molecule has 0 aliphatic heterocycles. The highest BCUT2D eigenvalue weighted by Gasteiger charge is 2.12. The van der Waals surface area contributed by atoms with E-state index in [9.17, 15) is 4.79 Å². The smallest absolute Gasteiger partial charge is 0.329 e. The Labute approximate surface area is 117 Å². The van der Waals surface area contributed by atoms with Crippen LogP contribution in [-0.2, 0) is 16.1 Å². The predicted octanol–water partition coefficient (Wildman–Crippen LogP) is 2.41. The van der Waals surface area contributed by atoms with Gasteiger partial charge in [-0.1, -0.05) is 6.07 Å². The quantitative estimate of drug-likeness (QED) is 0.908. The summed E-state index contributed by atoms with van der Waals surface area (Å²) in [5, 5.41) is 16.1. The third-order valence-corrected chi connectivity index (χ3v) is 2.93. The van der Waals surface area contributed by atoms with Crippen LogP contribution in [0, 0.1) is 6.92 Å². The van der Waals surface area contributed by atoms with Crippen molar-refractivity contribution in [2.75, 3.05) is 6.61 Å². The number of aliphatic carboxylic acids is 1. The maximum Gasteiger partial charge on any atom is 0.329 e. The average Bonchev–Trinajstić information content (AvgIpc) is 2.77. The fraction of sp³-hybridized carbons (Fsp3) is 0.250. The fourth-order valence-corrected chi connectivity index (χ4v) is 2.10. The van der Waals surface area contributed by atoms with Gasteiger partial charge in [-0.15, -0.1) is 10.2 Å². The van der Waals surface area contributed by atoms with Gasteiger partial charge in [0.1, 0.15) is 13.2 Å². The van der Waals surface area contributed by atoms with Gasteiger partial charge >= 0.3 is 5.97 Å². The first-order valence-electron chi connectivity index (χ1n) is 5.44. The summed E-state index contributed by atoms with van der Waals surface area (Å²) in [6, 6.07) is 5.75. The normalized spacial score (nSPS) is 10.6. The van der Waals surface area contributed by atoms with Crippen LogP contribution in [-0.4, -0.2) is 27.9 Å². The Bertz CT molecular complexity index is 597. The molecule has 100 valence electrons. The molecule has 6 nitrogen and oxygen atoms in total. The number of aryl methyl sites for hydroxylation is 1. The maximum absolute atomic E-state index is 10.3. The van der Waals surface area contributed by atoms with Crippen LogP contribution in [0.25, 0.3) is 11.5 Å². The van der Waals surface area contributed by atoms with E-state index >= 15 is 0 Å². The molecule has 0 saturated heterocycles. The van der Waals surface area contributed by atoms with Crippen LogP contribution < -0.4 is 0 Å². The Morgan fingerprint density at radius 3 is 2.95 bits per heavy atom. The van der Waals surface area contributed by atoms with Crippen LogP contribution in [0.3, 0.4) is 0 Å².